The first-order valence-electron chi connectivity index (χ1n) is 11.8. The molecule has 0 unspecified atom stereocenters. The van der Waals surface area contributed by atoms with E-state index >= 15 is 0 Å². The molecule has 0 spiro atoms. The van der Waals surface area contributed by atoms with Gasteiger partial charge < -0.3 is 15.2 Å². The Morgan fingerprint density at radius 1 is 1.09 bits per heavy atom. The number of halogens is 3. The van der Waals surface area contributed by atoms with Crippen molar-refractivity contribution in [3.05, 3.63) is 82.1 Å². The van der Waals surface area contributed by atoms with Crippen molar-refractivity contribution >= 4 is 16.8 Å². The van der Waals surface area contributed by atoms with Crippen molar-refractivity contribution in [2.75, 3.05) is 20.6 Å². The maximum absolute atomic E-state index is 13.9. The quantitative estimate of drug-likeness (QED) is 0.464. The first-order chi connectivity index (χ1) is 16.6. The van der Waals surface area contributed by atoms with Crippen LogP contribution in [0.3, 0.4) is 0 Å². The normalized spacial score (nSPS) is 16.7. The minimum atomic E-state index is -4.35. The zero-order chi connectivity index (χ0) is 25.2. The van der Waals surface area contributed by atoms with Crippen molar-refractivity contribution in [2.45, 2.75) is 43.8 Å². The van der Waals surface area contributed by atoms with Crippen LogP contribution in [0, 0.1) is 5.41 Å². The van der Waals surface area contributed by atoms with Gasteiger partial charge in [-0.2, -0.15) is 13.2 Å². The van der Waals surface area contributed by atoms with Gasteiger partial charge in [0, 0.05) is 36.5 Å². The highest BCUT2D eigenvalue weighted by atomic mass is 19.4. The summed E-state index contributed by atoms with van der Waals surface area (Å²) < 4.78 is 41.8. The lowest BCUT2D eigenvalue weighted by molar-refractivity contribution is -0.194. The highest BCUT2D eigenvalue weighted by Gasteiger charge is 2.67. The number of alkyl halides is 3. The molecule has 1 aliphatic carbocycles. The number of hydrogen-bond acceptors (Lipinski definition) is 3. The summed E-state index contributed by atoms with van der Waals surface area (Å²) in [7, 11) is 3.82. The van der Waals surface area contributed by atoms with Gasteiger partial charge in [-0.25, -0.2) is 0 Å². The van der Waals surface area contributed by atoms with E-state index in [1.54, 1.807) is 36.4 Å². The summed E-state index contributed by atoms with van der Waals surface area (Å²) in [4.78, 5) is 29.2. The summed E-state index contributed by atoms with van der Waals surface area (Å²) in [6.07, 6.45) is -3.81. The van der Waals surface area contributed by atoms with Gasteiger partial charge in [0.25, 0.3) is 0 Å². The van der Waals surface area contributed by atoms with Crippen LogP contribution in [0.4, 0.5) is 13.2 Å². The Balaban J connectivity index is 1.44. The van der Waals surface area contributed by atoms with Crippen molar-refractivity contribution in [3.63, 3.8) is 0 Å². The van der Waals surface area contributed by atoms with E-state index in [9.17, 15) is 22.8 Å². The molecule has 1 aromatic heterocycles. The van der Waals surface area contributed by atoms with E-state index in [1.807, 2.05) is 37.2 Å². The minimum Gasteiger partial charge on any atom is -0.355 e. The number of amides is 1. The third-order valence-corrected chi connectivity index (χ3v) is 7.14. The average molecular weight is 486 g/mol. The van der Waals surface area contributed by atoms with Crippen LogP contribution in [0.25, 0.3) is 10.9 Å². The molecule has 2 N–H and O–H groups in total. The first-order valence-corrected chi connectivity index (χ1v) is 11.8. The molecule has 1 saturated carbocycles. The molecule has 5 nitrogen and oxygen atoms in total. The second-order valence-electron chi connectivity index (χ2n) is 9.69. The molecule has 35 heavy (non-hydrogen) atoms. The maximum atomic E-state index is 13.9. The van der Waals surface area contributed by atoms with E-state index in [4.69, 9.17) is 0 Å². The maximum Gasteiger partial charge on any atom is 0.395 e. The molecule has 1 fully saturated rings. The largest absolute Gasteiger partial charge is 0.395 e. The van der Waals surface area contributed by atoms with Crippen molar-refractivity contribution < 1.29 is 18.0 Å². The summed E-state index contributed by atoms with van der Waals surface area (Å²) in [6.45, 7) is 0.315. The highest BCUT2D eigenvalue weighted by Crippen LogP contribution is 2.66. The lowest BCUT2D eigenvalue weighted by Crippen LogP contribution is -2.42. The van der Waals surface area contributed by atoms with Gasteiger partial charge in [0.15, 0.2) is 0 Å². The van der Waals surface area contributed by atoms with E-state index in [-0.39, 0.29) is 36.8 Å². The molecule has 8 heteroatoms. The molecule has 2 aromatic carbocycles. The summed E-state index contributed by atoms with van der Waals surface area (Å²) >= 11 is 0. The van der Waals surface area contributed by atoms with E-state index in [0.29, 0.717) is 18.5 Å². The Kier molecular flexibility index (Phi) is 7.03. The molecule has 1 amide bonds. The third-order valence-electron chi connectivity index (χ3n) is 7.14. The zero-order valence-electron chi connectivity index (χ0n) is 19.9. The molecule has 0 aliphatic heterocycles. The molecule has 186 valence electrons. The van der Waals surface area contributed by atoms with Crippen molar-refractivity contribution in [2.24, 2.45) is 5.41 Å². The third kappa shape index (κ3) is 5.59. The van der Waals surface area contributed by atoms with Gasteiger partial charge in [0.1, 0.15) is 0 Å². The van der Waals surface area contributed by atoms with Gasteiger partial charge in [-0.3, -0.25) is 9.59 Å². The molecule has 1 aliphatic rings. The van der Waals surface area contributed by atoms with Crippen LogP contribution in [0.1, 0.15) is 36.3 Å². The fourth-order valence-electron chi connectivity index (χ4n) is 4.81. The number of likely N-dealkylation sites (N-methyl/N-ethyl adjacent to an activating group) is 1. The van der Waals surface area contributed by atoms with Crippen LogP contribution >= 0.6 is 0 Å². The van der Waals surface area contributed by atoms with Crippen LogP contribution in [-0.4, -0.2) is 48.6 Å². The lowest BCUT2D eigenvalue weighted by atomic mass is 9.80. The molecule has 4 rings (SSSR count). The van der Waals surface area contributed by atoms with Crippen LogP contribution in [0.5, 0.6) is 0 Å². The molecular weight excluding hydrogens is 455 g/mol. The fourth-order valence-corrected chi connectivity index (χ4v) is 4.81. The molecular formula is C27H30F3N3O2. The molecule has 0 bridgehead atoms. The number of fused-ring (bicyclic) bond motifs is 1. The number of nitrogens with zero attached hydrogens (tertiary/aromatic N) is 1. The Morgan fingerprint density at radius 3 is 2.43 bits per heavy atom. The summed E-state index contributed by atoms with van der Waals surface area (Å²) in [5, 5.41) is 3.80. The van der Waals surface area contributed by atoms with Gasteiger partial charge in [0.05, 0.1) is 5.41 Å². The Bertz CT molecular complexity index is 1230. The van der Waals surface area contributed by atoms with E-state index < -0.39 is 17.5 Å². The molecule has 0 saturated heterocycles. The number of nitrogens with one attached hydrogen (secondary N) is 2. The Morgan fingerprint density at radius 2 is 1.80 bits per heavy atom. The number of hydrogen-bond donors (Lipinski definition) is 2. The summed E-state index contributed by atoms with van der Waals surface area (Å²) in [5.74, 6) is -1.28. The fraction of sp³-hybridized carbons (Fsp3) is 0.407. The van der Waals surface area contributed by atoms with Crippen molar-refractivity contribution in [3.8, 4) is 0 Å². The predicted octanol–water partition coefficient (Wildman–Crippen LogP) is 4.63. The number of pyridine rings is 1. The van der Waals surface area contributed by atoms with Crippen molar-refractivity contribution in [1.82, 2.24) is 15.2 Å². The zero-order valence-corrected chi connectivity index (χ0v) is 19.9. The number of aromatic nitrogens is 1. The second-order valence-corrected chi connectivity index (χ2v) is 9.69. The topological polar surface area (TPSA) is 65.2 Å². The summed E-state index contributed by atoms with van der Waals surface area (Å²) in [5.41, 5.74) is 0.358. The van der Waals surface area contributed by atoms with Crippen LogP contribution in [0.15, 0.2) is 65.5 Å². The highest BCUT2D eigenvalue weighted by molar-refractivity contribution is 5.79. The van der Waals surface area contributed by atoms with Gasteiger partial charge in [-0.15, -0.1) is 0 Å². The number of H-pyrrole nitrogens is 1. The van der Waals surface area contributed by atoms with Crippen molar-refractivity contribution in [1.29, 1.82) is 0 Å². The van der Waals surface area contributed by atoms with Crippen LogP contribution in [-0.2, 0) is 11.2 Å². The number of benzene rings is 2. The van der Waals surface area contributed by atoms with Gasteiger partial charge in [-0.1, -0.05) is 36.4 Å². The Labute approximate surface area is 202 Å². The number of carbonyl (C=O) groups is 1. The van der Waals surface area contributed by atoms with E-state index in [1.165, 1.54) is 6.07 Å². The predicted molar refractivity (Wildman–Crippen MR) is 130 cm³/mol. The second kappa shape index (κ2) is 9.85. The lowest BCUT2D eigenvalue weighted by Gasteiger charge is -2.30. The molecule has 1 heterocycles. The van der Waals surface area contributed by atoms with Gasteiger partial charge in [-0.05, 0) is 68.1 Å². The minimum absolute atomic E-state index is 0.0492. The smallest absolute Gasteiger partial charge is 0.355 e. The SMILES string of the molecule is CN(C)[C@H](CNC(=O)C[C@@H](c1ccccc1)C1(C(F)(F)F)CC1)Cc1ccc2[nH]c(=O)ccc2c1. The van der Waals surface area contributed by atoms with Gasteiger partial charge >= 0.3 is 6.18 Å². The average Bonchev–Trinajstić information content (AvgIpc) is 3.63. The molecule has 2 atom stereocenters. The standard InChI is InChI=1S/C27H30F3N3O2/c1-33(2)21(15-18-8-10-23-20(14-18)9-11-24(34)32-23)17-31-25(35)16-22(19-6-4-3-5-7-19)26(12-13-26)27(28,29)30/h3-11,14,21-22H,12-13,15-17H2,1-2H3,(H,31,35)(H,32,34)/t21-,22-/m0/s1. The number of carbonyl (C=O) groups excluding carboxylic acids is 1. The molecule has 0 radical (unpaired) electrons. The van der Waals surface area contributed by atoms with Crippen LogP contribution < -0.4 is 10.9 Å². The van der Waals surface area contributed by atoms with E-state index in [0.717, 1.165) is 16.5 Å². The molecule has 3 aromatic rings. The van der Waals surface area contributed by atoms with Gasteiger partial charge in [0.2, 0.25) is 11.5 Å². The van der Waals surface area contributed by atoms with E-state index in [2.05, 4.69) is 10.3 Å². The van der Waals surface area contributed by atoms with Crippen LogP contribution in [0.2, 0.25) is 0 Å². The summed E-state index contributed by atoms with van der Waals surface area (Å²) in [6, 6.07) is 17.5. The number of rotatable bonds is 9. The first kappa shape index (κ1) is 25.0. The Hall–Kier alpha value is -3.13. The number of aromatic amines is 1. The monoisotopic (exact) mass is 485 g/mol.